The molecule has 0 aliphatic carbocycles. The molecule has 0 radical (unpaired) electrons. The van der Waals surface area contributed by atoms with E-state index in [9.17, 15) is 0 Å². The zero-order chi connectivity index (χ0) is 12.1. The zero-order valence-electron chi connectivity index (χ0n) is 10.9. The lowest BCUT2D eigenvalue weighted by molar-refractivity contribution is 0.181. The van der Waals surface area contributed by atoms with Crippen LogP contribution in [0.5, 0.6) is 0 Å². The Hall–Kier alpha value is -0.870. The number of aryl methyl sites for hydroxylation is 1. The van der Waals surface area contributed by atoms with Gasteiger partial charge in [0, 0.05) is 26.5 Å². The second-order valence-electron chi connectivity index (χ2n) is 4.89. The summed E-state index contributed by atoms with van der Waals surface area (Å²) in [5.41, 5.74) is 1.16. The van der Waals surface area contributed by atoms with Crippen molar-refractivity contribution in [2.75, 3.05) is 19.8 Å². The maximum atomic E-state index is 5.45. The normalized spacial score (nSPS) is 21.9. The molecule has 0 amide bonds. The molecule has 17 heavy (non-hydrogen) atoms. The summed E-state index contributed by atoms with van der Waals surface area (Å²) >= 11 is 0. The molecule has 2 heterocycles. The van der Waals surface area contributed by atoms with Crippen LogP contribution in [-0.2, 0) is 11.8 Å². The molecule has 1 aromatic rings. The molecule has 1 N–H and O–H groups in total. The summed E-state index contributed by atoms with van der Waals surface area (Å²) in [4.78, 5) is 0. The van der Waals surface area contributed by atoms with Crippen molar-refractivity contribution in [3.8, 4) is 0 Å². The molecule has 0 aromatic carbocycles. The predicted molar refractivity (Wildman–Crippen MR) is 67.8 cm³/mol. The van der Waals surface area contributed by atoms with Crippen LogP contribution in [-0.4, -0.2) is 29.5 Å². The Labute approximate surface area is 103 Å². The Balaban J connectivity index is 1.96. The summed E-state index contributed by atoms with van der Waals surface area (Å²) in [5.74, 6) is 0.686. The predicted octanol–water partition coefficient (Wildman–Crippen LogP) is 1.89. The summed E-state index contributed by atoms with van der Waals surface area (Å²) in [6.07, 6.45) is 5.50. The van der Waals surface area contributed by atoms with Crippen LogP contribution in [0.25, 0.3) is 0 Å². The van der Waals surface area contributed by atoms with Crippen molar-refractivity contribution in [2.24, 2.45) is 13.0 Å². The zero-order valence-corrected chi connectivity index (χ0v) is 10.9. The highest BCUT2D eigenvalue weighted by Gasteiger charge is 2.22. The van der Waals surface area contributed by atoms with Crippen molar-refractivity contribution < 1.29 is 4.74 Å². The van der Waals surface area contributed by atoms with E-state index >= 15 is 0 Å². The molecule has 4 nitrogen and oxygen atoms in total. The van der Waals surface area contributed by atoms with Crippen LogP contribution in [0.2, 0.25) is 0 Å². The molecule has 0 saturated carbocycles. The average molecular weight is 237 g/mol. The molecular formula is C13H23N3O. The summed E-state index contributed by atoms with van der Waals surface area (Å²) in [6.45, 7) is 5.08. The number of nitrogens with one attached hydrogen (secondary N) is 1. The van der Waals surface area contributed by atoms with Gasteiger partial charge in [-0.05, 0) is 37.8 Å². The molecule has 2 atom stereocenters. The van der Waals surface area contributed by atoms with Gasteiger partial charge in [0.25, 0.3) is 0 Å². The lowest BCUT2D eigenvalue weighted by Crippen LogP contribution is -2.25. The molecule has 1 fully saturated rings. The van der Waals surface area contributed by atoms with E-state index in [0.29, 0.717) is 12.0 Å². The second-order valence-corrected chi connectivity index (χ2v) is 4.89. The maximum Gasteiger partial charge on any atom is 0.0793 e. The fourth-order valence-electron chi connectivity index (χ4n) is 2.35. The number of hydrogen-bond donors (Lipinski definition) is 1. The van der Waals surface area contributed by atoms with Crippen LogP contribution in [0.4, 0.5) is 0 Å². The molecule has 96 valence electrons. The van der Waals surface area contributed by atoms with E-state index in [0.717, 1.165) is 38.3 Å². The number of rotatable bonds is 6. The fraction of sp³-hybridized carbons (Fsp3) is 0.769. The van der Waals surface area contributed by atoms with Gasteiger partial charge in [-0.3, -0.25) is 4.68 Å². The molecule has 1 saturated heterocycles. The highest BCUT2D eigenvalue weighted by Crippen LogP contribution is 2.25. The minimum atomic E-state index is 0.378. The van der Waals surface area contributed by atoms with E-state index in [-0.39, 0.29) is 0 Å². The summed E-state index contributed by atoms with van der Waals surface area (Å²) < 4.78 is 7.33. The highest BCUT2D eigenvalue weighted by atomic mass is 16.5. The first kappa shape index (κ1) is 12.6. The standard InChI is InChI=1S/C13H23N3O/c1-3-6-14-13(9-11-5-8-17-10-11)12-4-7-16(2)15-12/h4,7,11,13-14H,3,5-6,8-10H2,1-2H3. The molecule has 0 spiro atoms. The third-order valence-corrected chi connectivity index (χ3v) is 3.33. The Morgan fingerprint density at radius 3 is 3.12 bits per heavy atom. The van der Waals surface area contributed by atoms with Crippen LogP contribution < -0.4 is 5.32 Å². The summed E-state index contributed by atoms with van der Waals surface area (Å²) in [7, 11) is 1.97. The van der Waals surface area contributed by atoms with Crippen LogP contribution in [0.3, 0.4) is 0 Å². The monoisotopic (exact) mass is 237 g/mol. The topological polar surface area (TPSA) is 39.1 Å². The summed E-state index contributed by atoms with van der Waals surface area (Å²) in [6, 6.07) is 2.49. The van der Waals surface area contributed by atoms with Crippen LogP contribution in [0, 0.1) is 5.92 Å². The lowest BCUT2D eigenvalue weighted by Gasteiger charge is -2.19. The van der Waals surface area contributed by atoms with E-state index < -0.39 is 0 Å². The molecule has 2 rings (SSSR count). The second kappa shape index (κ2) is 6.17. The minimum absolute atomic E-state index is 0.378. The molecule has 1 aliphatic rings. The van der Waals surface area contributed by atoms with Crippen LogP contribution in [0.15, 0.2) is 12.3 Å². The average Bonchev–Trinajstić information content (AvgIpc) is 2.95. The molecule has 2 unspecified atom stereocenters. The van der Waals surface area contributed by atoms with Gasteiger partial charge < -0.3 is 10.1 Å². The van der Waals surface area contributed by atoms with Gasteiger partial charge in [-0.1, -0.05) is 6.92 Å². The van der Waals surface area contributed by atoms with Gasteiger partial charge in [0.05, 0.1) is 11.7 Å². The van der Waals surface area contributed by atoms with Gasteiger partial charge >= 0.3 is 0 Å². The first-order chi connectivity index (χ1) is 8.29. The van der Waals surface area contributed by atoms with Crippen molar-refractivity contribution in [3.05, 3.63) is 18.0 Å². The molecular weight excluding hydrogens is 214 g/mol. The fourth-order valence-corrected chi connectivity index (χ4v) is 2.35. The third kappa shape index (κ3) is 3.54. The smallest absolute Gasteiger partial charge is 0.0793 e. The lowest BCUT2D eigenvalue weighted by atomic mass is 9.97. The van der Waals surface area contributed by atoms with E-state index in [1.54, 1.807) is 0 Å². The Bertz CT molecular complexity index is 331. The number of aromatic nitrogens is 2. The van der Waals surface area contributed by atoms with Crippen LogP contribution >= 0.6 is 0 Å². The Morgan fingerprint density at radius 2 is 2.53 bits per heavy atom. The van der Waals surface area contributed by atoms with Gasteiger partial charge in [-0.2, -0.15) is 5.10 Å². The number of ether oxygens (including phenoxy) is 1. The maximum absolute atomic E-state index is 5.45. The van der Waals surface area contributed by atoms with Crippen molar-refractivity contribution in [1.29, 1.82) is 0 Å². The minimum Gasteiger partial charge on any atom is -0.381 e. The molecule has 1 aromatic heterocycles. The van der Waals surface area contributed by atoms with Gasteiger partial charge in [-0.25, -0.2) is 0 Å². The van der Waals surface area contributed by atoms with Crippen molar-refractivity contribution in [2.45, 2.75) is 32.2 Å². The molecule has 1 aliphatic heterocycles. The molecule has 0 bridgehead atoms. The van der Waals surface area contributed by atoms with E-state index in [1.165, 1.54) is 6.42 Å². The molecule has 4 heteroatoms. The Kier molecular flexibility index (Phi) is 4.57. The number of nitrogens with zero attached hydrogens (tertiary/aromatic N) is 2. The van der Waals surface area contributed by atoms with Gasteiger partial charge in [0.2, 0.25) is 0 Å². The SMILES string of the molecule is CCCNC(CC1CCOC1)c1ccn(C)n1. The first-order valence-corrected chi connectivity index (χ1v) is 6.60. The van der Waals surface area contributed by atoms with Gasteiger partial charge in [-0.15, -0.1) is 0 Å². The first-order valence-electron chi connectivity index (χ1n) is 6.60. The third-order valence-electron chi connectivity index (χ3n) is 3.33. The van der Waals surface area contributed by atoms with Gasteiger partial charge in [0.1, 0.15) is 0 Å². The van der Waals surface area contributed by atoms with Crippen LogP contribution in [0.1, 0.15) is 37.9 Å². The number of hydrogen-bond acceptors (Lipinski definition) is 3. The Morgan fingerprint density at radius 1 is 1.65 bits per heavy atom. The van der Waals surface area contributed by atoms with E-state index in [1.807, 2.05) is 17.9 Å². The van der Waals surface area contributed by atoms with Crippen molar-refractivity contribution in [1.82, 2.24) is 15.1 Å². The highest BCUT2D eigenvalue weighted by molar-refractivity contribution is 5.05. The van der Waals surface area contributed by atoms with Gasteiger partial charge in [0.15, 0.2) is 0 Å². The van der Waals surface area contributed by atoms with E-state index in [2.05, 4.69) is 23.4 Å². The largest absolute Gasteiger partial charge is 0.381 e. The van der Waals surface area contributed by atoms with Crippen molar-refractivity contribution in [3.63, 3.8) is 0 Å². The quantitative estimate of drug-likeness (QED) is 0.821. The van der Waals surface area contributed by atoms with Crippen molar-refractivity contribution >= 4 is 0 Å². The van der Waals surface area contributed by atoms with E-state index in [4.69, 9.17) is 4.74 Å². The summed E-state index contributed by atoms with van der Waals surface area (Å²) in [5, 5.41) is 8.11.